The van der Waals surface area contributed by atoms with Crippen molar-refractivity contribution in [1.82, 2.24) is 4.98 Å². The third-order valence-corrected chi connectivity index (χ3v) is 4.86. The molecule has 150 valence electrons. The van der Waals surface area contributed by atoms with Gasteiger partial charge in [-0.3, -0.25) is 4.79 Å². The maximum Gasteiger partial charge on any atom is 0.417 e. The van der Waals surface area contributed by atoms with E-state index in [1.165, 1.54) is 18.2 Å². The molecule has 1 aromatic carbocycles. The fourth-order valence-corrected chi connectivity index (χ4v) is 3.16. The Kier molecular flexibility index (Phi) is 5.86. The highest BCUT2D eigenvalue weighted by atomic mass is 19.4. The van der Waals surface area contributed by atoms with Gasteiger partial charge in [0.2, 0.25) is 0 Å². The molecule has 0 radical (unpaired) electrons. The molecule has 2 heterocycles. The summed E-state index contributed by atoms with van der Waals surface area (Å²) in [6.07, 6.45) is -3.03. The van der Waals surface area contributed by atoms with Crippen molar-refractivity contribution in [3.63, 3.8) is 0 Å². The number of hydrogen-bond acceptors (Lipinski definition) is 4. The maximum atomic E-state index is 13.0. The number of halogens is 4. The van der Waals surface area contributed by atoms with Crippen LogP contribution in [0.1, 0.15) is 37.0 Å². The largest absolute Gasteiger partial charge is 0.458 e. The third-order valence-electron chi connectivity index (χ3n) is 4.86. The zero-order valence-electron chi connectivity index (χ0n) is 15.2. The number of hydrogen-bond donors (Lipinski definition) is 0. The maximum absolute atomic E-state index is 13.0. The highest BCUT2D eigenvalue weighted by Crippen LogP contribution is 2.30. The molecule has 1 aromatic heterocycles. The second kappa shape index (κ2) is 8.16. The van der Waals surface area contributed by atoms with Crippen molar-refractivity contribution >= 4 is 11.8 Å². The van der Waals surface area contributed by atoms with Gasteiger partial charge in [0.15, 0.2) is 0 Å². The van der Waals surface area contributed by atoms with Crippen molar-refractivity contribution in [3.05, 3.63) is 59.5 Å². The van der Waals surface area contributed by atoms with Crippen LogP contribution < -0.4 is 4.90 Å². The minimum absolute atomic E-state index is 0.284. The van der Waals surface area contributed by atoms with E-state index < -0.39 is 17.8 Å². The zero-order valence-corrected chi connectivity index (χ0v) is 15.2. The number of esters is 1. The normalized spacial score (nSPS) is 16.7. The van der Waals surface area contributed by atoms with Gasteiger partial charge in [-0.05, 0) is 49.6 Å². The van der Waals surface area contributed by atoms with Gasteiger partial charge in [0, 0.05) is 19.3 Å². The molecule has 1 aliphatic rings. The van der Waals surface area contributed by atoms with Gasteiger partial charge in [-0.2, -0.15) is 13.2 Å². The molecule has 3 rings (SSSR count). The lowest BCUT2D eigenvalue weighted by Gasteiger charge is -2.32. The fraction of sp³-hybridized carbons (Fsp3) is 0.400. The predicted octanol–water partition coefficient (Wildman–Crippen LogP) is 4.76. The smallest absolute Gasteiger partial charge is 0.417 e. The number of carbonyl (C=O) groups excluding carboxylic acids is 1. The van der Waals surface area contributed by atoms with Gasteiger partial charge in [-0.25, -0.2) is 9.37 Å². The third kappa shape index (κ3) is 4.79. The molecule has 0 aliphatic carbocycles. The van der Waals surface area contributed by atoms with E-state index in [1.54, 1.807) is 19.1 Å². The van der Waals surface area contributed by atoms with E-state index in [2.05, 4.69) is 4.98 Å². The van der Waals surface area contributed by atoms with E-state index in [1.807, 2.05) is 4.90 Å². The Labute approximate surface area is 160 Å². The summed E-state index contributed by atoms with van der Waals surface area (Å²) in [7, 11) is 0. The van der Waals surface area contributed by atoms with Crippen LogP contribution in [-0.4, -0.2) is 24.0 Å². The lowest BCUT2D eigenvalue weighted by molar-refractivity contribution is -0.154. The summed E-state index contributed by atoms with van der Waals surface area (Å²) in [5, 5.41) is 0. The predicted molar refractivity (Wildman–Crippen MR) is 95.1 cm³/mol. The van der Waals surface area contributed by atoms with E-state index in [0.29, 0.717) is 37.3 Å². The summed E-state index contributed by atoms with van der Waals surface area (Å²) in [6.45, 7) is 2.73. The number of alkyl halides is 3. The molecule has 0 bridgehead atoms. The van der Waals surface area contributed by atoms with Gasteiger partial charge >= 0.3 is 12.1 Å². The molecule has 8 heteroatoms. The first-order valence-electron chi connectivity index (χ1n) is 8.98. The molecule has 1 saturated heterocycles. The fourth-order valence-electron chi connectivity index (χ4n) is 3.16. The van der Waals surface area contributed by atoms with Gasteiger partial charge in [-0.1, -0.05) is 12.1 Å². The number of anilines is 1. The quantitative estimate of drug-likeness (QED) is 0.552. The van der Waals surface area contributed by atoms with Crippen LogP contribution in [0, 0.1) is 11.7 Å². The zero-order chi connectivity index (χ0) is 20.3. The summed E-state index contributed by atoms with van der Waals surface area (Å²) in [5.74, 6) is -0.503. The molecule has 28 heavy (non-hydrogen) atoms. The summed E-state index contributed by atoms with van der Waals surface area (Å²) in [4.78, 5) is 18.1. The van der Waals surface area contributed by atoms with Crippen LogP contribution >= 0.6 is 0 Å². The second-order valence-electron chi connectivity index (χ2n) is 6.79. The Morgan fingerprint density at radius 3 is 2.32 bits per heavy atom. The Morgan fingerprint density at radius 2 is 1.79 bits per heavy atom. The number of ether oxygens (including phenoxy) is 1. The molecule has 1 fully saturated rings. The molecule has 4 nitrogen and oxygen atoms in total. The van der Waals surface area contributed by atoms with E-state index in [4.69, 9.17) is 4.74 Å². The Balaban J connectivity index is 1.53. The van der Waals surface area contributed by atoms with E-state index >= 15 is 0 Å². The van der Waals surface area contributed by atoms with Gasteiger partial charge in [0.05, 0.1) is 11.5 Å². The number of pyridine rings is 1. The van der Waals surface area contributed by atoms with Crippen molar-refractivity contribution in [3.8, 4) is 0 Å². The molecular formula is C20H20F4N2O2. The second-order valence-corrected chi connectivity index (χ2v) is 6.79. The Hall–Kier alpha value is -2.64. The Bertz CT molecular complexity index is 798. The van der Waals surface area contributed by atoms with E-state index in [-0.39, 0.29) is 17.7 Å². The monoisotopic (exact) mass is 396 g/mol. The van der Waals surface area contributed by atoms with Gasteiger partial charge in [-0.15, -0.1) is 0 Å². The van der Waals surface area contributed by atoms with Crippen LogP contribution in [0.4, 0.5) is 23.4 Å². The number of rotatable bonds is 4. The molecule has 0 amide bonds. The van der Waals surface area contributed by atoms with Crippen LogP contribution in [0.5, 0.6) is 0 Å². The Morgan fingerprint density at radius 1 is 1.14 bits per heavy atom. The first-order chi connectivity index (χ1) is 13.2. The van der Waals surface area contributed by atoms with Crippen LogP contribution in [0.3, 0.4) is 0 Å². The van der Waals surface area contributed by atoms with E-state index in [9.17, 15) is 22.4 Å². The summed E-state index contributed by atoms with van der Waals surface area (Å²) in [6, 6.07) is 8.13. The van der Waals surface area contributed by atoms with Crippen molar-refractivity contribution in [2.45, 2.75) is 32.0 Å². The number of carbonyl (C=O) groups is 1. The first kappa shape index (κ1) is 20.1. The van der Waals surface area contributed by atoms with Crippen LogP contribution in [0.2, 0.25) is 0 Å². The highest BCUT2D eigenvalue weighted by molar-refractivity contribution is 5.73. The van der Waals surface area contributed by atoms with Gasteiger partial charge in [0.25, 0.3) is 0 Å². The average molecular weight is 396 g/mol. The minimum atomic E-state index is -4.41. The highest BCUT2D eigenvalue weighted by Gasteiger charge is 2.32. The molecule has 1 atom stereocenters. The van der Waals surface area contributed by atoms with Crippen molar-refractivity contribution in [2.75, 3.05) is 18.0 Å². The molecular weight excluding hydrogens is 376 g/mol. The lowest BCUT2D eigenvalue weighted by atomic mass is 9.97. The van der Waals surface area contributed by atoms with Gasteiger partial charge < -0.3 is 9.64 Å². The summed E-state index contributed by atoms with van der Waals surface area (Å²) in [5.41, 5.74) is -0.0781. The SMILES string of the molecule is C[C@@H](OC(=O)C1CCN(c2ccc(C(F)(F)F)cn2)CC1)c1ccc(F)cc1. The van der Waals surface area contributed by atoms with Crippen LogP contribution in [0.25, 0.3) is 0 Å². The molecule has 0 saturated carbocycles. The topological polar surface area (TPSA) is 42.4 Å². The number of aromatic nitrogens is 1. The van der Waals surface area contributed by atoms with Crippen molar-refractivity contribution in [1.29, 1.82) is 0 Å². The number of benzene rings is 1. The summed E-state index contributed by atoms with van der Waals surface area (Å²) >= 11 is 0. The summed E-state index contributed by atoms with van der Waals surface area (Å²) < 4.78 is 56.4. The molecule has 1 aliphatic heterocycles. The lowest BCUT2D eigenvalue weighted by Crippen LogP contribution is -2.37. The van der Waals surface area contributed by atoms with E-state index in [0.717, 1.165) is 12.3 Å². The average Bonchev–Trinajstić information content (AvgIpc) is 2.68. The minimum Gasteiger partial charge on any atom is -0.458 e. The molecule has 2 aromatic rings. The number of nitrogens with zero attached hydrogens (tertiary/aromatic N) is 2. The number of piperidine rings is 1. The molecule has 0 unspecified atom stereocenters. The van der Waals surface area contributed by atoms with Crippen LogP contribution in [0.15, 0.2) is 42.6 Å². The van der Waals surface area contributed by atoms with Crippen LogP contribution in [-0.2, 0) is 15.7 Å². The van der Waals surface area contributed by atoms with Crippen molar-refractivity contribution < 1.29 is 27.1 Å². The first-order valence-corrected chi connectivity index (χ1v) is 8.98. The standard InChI is InChI=1S/C20H20F4N2O2/c1-13(14-2-5-17(21)6-3-14)28-19(27)15-8-10-26(11-9-15)18-7-4-16(12-25-18)20(22,23)24/h2-7,12-13,15H,8-11H2,1H3/t13-/m1/s1. The molecule has 0 spiro atoms. The van der Waals surface area contributed by atoms with Crippen molar-refractivity contribution in [2.24, 2.45) is 5.92 Å². The van der Waals surface area contributed by atoms with Gasteiger partial charge in [0.1, 0.15) is 17.7 Å². The molecule has 0 N–H and O–H groups in total.